The maximum atomic E-state index is 13.8. The first-order valence-corrected chi connectivity index (χ1v) is 13.6. The Morgan fingerprint density at radius 2 is 1.69 bits per heavy atom. The van der Waals surface area contributed by atoms with E-state index in [2.05, 4.69) is 10.1 Å². The lowest BCUT2D eigenvalue weighted by atomic mass is 10.1. The zero-order valence-corrected chi connectivity index (χ0v) is 23.0. The number of alkyl halides is 3. The van der Waals surface area contributed by atoms with Crippen LogP contribution in [0.1, 0.15) is 34.8 Å². The first-order valence-electron chi connectivity index (χ1n) is 11.4. The van der Waals surface area contributed by atoms with Crippen molar-refractivity contribution in [3.8, 4) is 0 Å². The molecule has 0 saturated carbocycles. The van der Waals surface area contributed by atoms with E-state index in [9.17, 15) is 31.2 Å². The van der Waals surface area contributed by atoms with Gasteiger partial charge in [0.25, 0.3) is 10.0 Å². The molecule has 0 heterocycles. The first-order chi connectivity index (χ1) is 18.3. The number of hydrogen-bond donors (Lipinski definition) is 1. The molecule has 1 atom stereocenters. The number of halogens is 5. The highest BCUT2D eigenvalue weighted by atomic mass is 35.5. The predicted molar refractivity (Wildman–Crippen MR) is 141 cm³/mol. The lowest BCUT2D eigenvalue weighted by Crippen LogP contribution is -2.49. The van der Waals surface area contributed by atoms with E-state index in [1.807, 2.05) is 0 Å². The molecule has 1 unspecified atom stereocenters. The summed E-state index contributed by atoms with van der Waals surface area (Å²) >= 11 is 12.1. The van der Waals surface area contributed by atoms with Crippen molar-refractivity contribution in [3.63, 3.8) is 0 Å². The summed E-state index contributed by atoms with van der Waals surface area (Å²) < 4.78 is 73.5. The number of rotatable bonds is 9. The maximum Gasteiger partial charge on any atom is 0.416 e. The molecule has 3 aromatic carbocycles. The van der Waals surface area contributed by atoms with E-state index in [1.165, 1.54) is 50.4 Å². The topological polar surface area (TPSA) is 92.8 Å². The Hall–Kier alpha value is -3.28. The number of methoxy groups -OCH3 is 1. The number of nitrogens with zero attached hydrogens (tertiary/aromatic N) is 1. The summed E-state index contributed by atoms with van der Waals surface area (Å²) in [6, 6.07) is 11.9. The molecule has 1 amide bonds. The molecule has 0 aliphatic rings. The van der Waals surface area contributed by atoms with Crippen LogP contribution in [0, 0.1) is 0 Å². The van der Waals surface area contributed by atoms with Gasteiger partial charge in [-0.05, 0) is 66.6 Å². The second kappa shape index (κ2) is 12.3. The molecule has 0 fully saturated rings. The van der Waals surface area contributed by atoms with E-state index in [4.69, 9.17) is 23.2 Å². The Balaban J connectivity index is 2.06. The number of amides is 1. The number of esters is 1. The highest BCUT2D eigenvalue weighted by Gasteiger charge is 2.38. The van der Waals surface area contributed by atoms with Crippen LogP contribution < -0.4 is 9.62 Å². The van der Waals surface area contributed by atoms with Crippen LogP contribution in [0.2, 0.25) is 10.0 Å². The van der Waals surface area contributed by atoms with Gasteiger partial charge in [-0.1, -0.05) is 42.3 Å². The monoisotopic (exact) mass is 602 g/mol. The molecular formula is C26H23Cl2F3N2O5S. The van der Waals surface area contributed by atoms with Gasteiger partial charge in [-0.25, -0.2) is 13.2 Å². The number of benzene rings is 3. The normalized spacial score (nSPS) is 12.5. The van der Waals surface area contributed by atoms with Gasteiger partial charge in [0.2, 0.25) is 5.91 Å². The SMILES string of the molecule is CCC(C(=O)NCc1cccc(C(=O)OC)c1)N(c1cc(C(F)(F)F)ccc1Cl)S(=O)(=O)c1ccc(Cl)cc1. The van der Waals surface area contributed by atoms with Crippen LogP contribution in [0.15, 0.2) is 71.6 Å². The number of nitrogens with one attached hydrogen (secondary N) is 1. The van der Waals surface area contributed by atoms with E-state index < -0.39 is 45.4 Å². The molecule has 0 aliphatic carbocycles. The van der Waals surface area contributed by atoms with Gasteiger partial charge in [-0.3, -0.25) is 9.10 Å². The zero-order valence-electron chi connectivity index (χ0n) is 20.6. The molecule has 3 rings (SSSR count). The van der Waals surface area contributed by atoms with Gasteiger partial charge in [0.1, 0.15) is 6.04 Å². The fourth-order valence-corrected chi connectivity index (χ4v) is 5.82. The average molecular weight is 603 g/mol. The molecule has 0 aliphatic heterocycles. The number of anilines is 1. The van der Waals surface area contributed by atoms with Crippen molar-refractivity contribution in [2.75, 3.05) is 11.4 Å². The lowest BCUT2D eigenvalue weighted by molar-refractivity contribution is -0.137. The lowest BCUT2D eigenvalue weighted by Gasteiger charge is -2.32. The molecule has 0 radical (unpaired) electrons. The second-order valence-corrected chi connectivity index (χ2v) is 10.9. The third kappa shape index (κ3) is 7.03. The first kappa shape index (κ1) is 30.3. The minimum atomic E-state index is -4.80. The Morgan fingerprint density at radius 3 is 2.28 bits per heavy atom. The highest BCUT2D eigenvalue weighted by Crippen LogP contribution is 2.39. The van der Waals surface area contributed by atoms with Gasteiger partial charge in [0, 0.05) is 11.6 Å². The number of carbonyl (C=O) groups excluding carboxylic acids is 2. The summed E-state index contributed by atoms with van der Waals surface area (Å²) in [4.78, 5) is 24.9. The third-order valence-corrected chi connectivity index (χ3v) is 8.08. The maximum absolute atomic E-state index is 13.8. The summed E-state index contributed by atoms with van der Waals surface area (Å²) in [5.74, 6) is -1.39. The van der Waals surface area contributed by atoms with E-state index in [0.717, 1.165) is 6.07 Å². The molecule has 7 nitrogen and oxygen atoms in total. The molecule has 0 bridgehead atoms. The number of hydrogen-bond acceptors (Lipinski definition) is 5. The molecule has 208 valence electrons. The zero-order chi connectivity index (χ0) is 29.0. The van der Waals surface area contributed by atoms with Gasteiger partial charge < -0.3 is 10.1 Å². The summed E-state index contributed by atoms with van der Waals surface area (Å²) in [5.41, 5.74) is -0.923. The molecular weight excluding hydrogens is 580 g/mol. The third-order valence-electron chi connectivity index (χ3n) is 5.67. The predicted octanol–water partition coefficient (Wildman–Crippen LogP) is 6.09. The van der Waals surface area contributed by atoms with Crippen molar-refractivity contribution in [2.45, 2.75) is 37.0 Å². The molecule has 0 spiro atoms. The van der Waals surface area contributed by atoms with Gasteiger partial charge in [0.05, 0.1) is 33.8 Å². The summed E-state index contributed by atoms with van der Waals surface area (Å²) in [6.07, 6.45) is -4.92. The Labute approximate surface area is 233 Å². The second-order valence-electron chi connectivity index (χ2n) is 8.25. The number of carbonyl (C=O) groups is 2. The molecule has 13 heteroatoms. The van der Waals surface area contributed by atoms with Crippen molar-refractivity contribution in [3.05, 3.63) is 93.5 Å². The number of ether oxygens (including phenoxy) is 1. The summed E-state index contributed by atoms with van der Waals surface area (Å²) in [7, 11) is -3.40. The van der Waals surface area contributed by atoms with Crippen molar-refractivity contribution in [2.24, 2.45) is 0 Å². The van der Waals surface area contributed by atoms with Gasteiger partial charge in [0.15, 0.2) is 0 Å². The minimum absolute atomic E-state index is 0.106. The van der Waals surface area contributed by atoms with Crippen LogP contribution >= 0.6 is 23.2 Å². The van der Waals surface area contributed by atoms with Crippen LogP contribution in [0.4, 0.5) is 18.9 Å². The standard InChI is InChI=1S/C26H23Cl2F3N2O5S/c1-3-22(24(34)32-15-16-5-4-6-17(13-16)25(35)38-2)33(39(36,37)20-10-8-19(27)9-11-20)23-14-18(26(29,30)31)7-12-21(23)28/h4-14,22H,3,15H2,1-2H3,(H,32,34). The Kier molecular flexibility index (Phi) is 9.52. The van der Waals surface area contributed by atoms with E-state index in [-0.39, 0.29) is 33.5 Å². The van der Waals surface area contributed by atoms with Crippen molar-refractivity contribution in [1.29, 1.82) is 0 Å². The van der Waals surface area contributed by atoms with Crippen LogP contribution in [-0.4, -0.2) is 33.4 Å². The highest BCUT2D eigenvalue weighted by molar-refractivity contribution is 7.93. The smallest absolute Gasteiger partial charge is 0.416 e. The van der Waals surface area contributed by atoms with E-state index in [1.54, 1.807) is 12.1 Å². The van der Waals surface area contributed by atoms with Crippen LogP contribution in [0.3, 0.4) is 0 Å². The van der Waals surface area contributed by atoms with Crippen LogP contribution in [0.25, 0.3) is 0 Å². The fraction of sp³-hybridized carbons (Fsp3) is 0.231. The van der Waals surface area contributed by atoms with E-state index in [0.29, 0.717) is 22.0 Å². The van der Waals surface area contributed by atoms with Gasteiger partial charge in [-0.15, -0.1) is 0 Å². The number of sulfonamides is 1. The minimum Gasteiger partial charge on any atom is -0.465 e. The molecule has 3 aromatic rings. The van der Waals surface area contributed by atoms with Crippen LogP contribution in [0.5, 0.6) is 0 Å². The molecule has 39 heavy (non-hydrogen) atoms. The fourth-order valence-electron chi connectivity index (χ4n) is 3.73. The quantitative estimate of drug-likeness (QED) is 0.299. The summed E-state index contributed by atoms with van der Waals surface area (Å²) in [5, 5.41) is 2.52. The van der Waals surface area contributed by atoms with Gasteiger partial charge in [-0.2, -0.15) is 13.2 Å². The van der Waals surface area contributed by atoms with Crippen molar-refractivity contribution in [1.82, 2.24) is 5.32 Å². The molecule has 0 aromatic heterocycles. The van der Waals surface area contributed by atoms with Crippen molar-refractivity contribution < 1.29 is 35.9 Å². The Bertz CT molecular complexity index is 1470. The molecule has 1 N–H and O–H groups in total. The van der Waals surface area contributed by atoms with E-state index >= 15 is 0 Å². The average Bonchev–Trinajstić information content (AvgIpc) is 2.90. The van der Waals surface area contributed by atoms with Gasteiger partial charge >= 0.3 is 12.1 Å². The van der Waals surface area contributed by atoms with Crippen molar-refractivity contribution >= 4 is 50.8 Å². The molecule has 0 saturated heterocycles. The Morgan fingerprint density at radius 1 is 1.03 bits per heavy atom. The van der Waals surface area contributed by atoms with Crippen LogP contribution in [-0.2, 0) is 32.3 Å². The largest absolute Gasteiger partial charge is 0.465 e. The summed E-state index contributed by atoms with van der Waals surface area (Å²) in [6.45, 7) is 1.40.